The van der Waals surface area contributed by atoms with Gasteiger partial charge in [-0.1, -0.05) is 12.1 Å². The molecule has 0 unspecified atom stereocenters. The summed E-state index contributed by atoms with van der Waals surface area (Å²) in [7, 11) is 0. The summed E-state index contributed by atoms with van der Waals surface area (Å²) in [6.45, 7) is 2.08. The van der Waals surface area contributed by atoms with Crippen LogP contribution in [0.3, 0.4) is 0 Å². The van der Waals surface area contributed by atoms with Crippen LogP contribution in [-0.4, -0.2) is 15.3 Å². The molecule has 0 spiro atoms. The highest BCUT2D eigenvalue weighted by Gasteiger charge is 2.12. The molecule has 6 nitrogen and oxygen atoms in total. The number of carbonyl (C=O) groups excluding carboxylic acids is 1. The SMILES string of the molecule is Cc1ccc(NC(=O)c2cccs2)c(OCc2cc(=O)n3ccsc3n2)c1. The van der Waals surface area contributed by atoms with Crippen molar-refractivity contribution in [3.8, 4) is 5.75 Å². The van der Waals surface area contributed by atoms with E-state index in [-0.39, 0.29) is 18.1 Å². The zero-order valence-electron chi connectivity index (χ0n) is 14.3. The molecule has 3 heterocycles. The first-order chi connectivity index (χ1) is 13.1. The van der Waals surface area contributed by atoms with Gasteiger partial charge in [0.2, 0.25) is 0 Å². The zero-order chi connectivity index (χ0) is 18.8. The minimum atomic E-state index is -0.185. The van der Waals surface area contributed by atoms with Gasteiger partial charge in [0.15, 0.2) is 4.96 Å². The lowest BCUT2D eigenvalue weighted by atomic mass is 10.2. The first kappa shape index (κ1) is 17.4. The Kier molecular flexibility index (Phi) is 4.74. The second-order valence-corrected chi connectivity index (χ2v) is 7.68. The molecule has 4 aromatic rings. The second kappa shape index (κ2) is 7.34. The smallest absolute Gasteiger partial charge is 0.265 e. The van der Waals surface area contributed by atoms with Crippen LogP contribution in [0.25, 0.3) is 4.96 Å². The van der Waals surface area contributed by atoms with Gasteiger partial charge in [-0.25, -0.2) is 4.98 Å². The first-order valence-corrected chi connectivity index (χ1v) is 9.90. The molecule has 0 saturated heterocycles. The van der Waals surface area contributed by atoms with Crippen LogP contribution in [0, 0.1) is 6.92 Å². The quantitative estimate of drug-likeness (QED) is 0.553. The van der Waals surface area contributed by atoms with Crippen LogP contribution < -0.4 is 15.6 Å². The molecule has 27 heavy (non-hydrogen) atoms. The minimum Gasteiger partial charge on any atom is -0.485 e. The summed E-state index contributed by atoms with van der Waals surface area (Å²) in [6.07, 6.45) is 1.69. The molecule has 3 aromatic heterocycles. The van der Waals surface area contributed by atoms with Crippen molar-refractivity contribution in [1.29, 1.82) is 0 Å². The minimum absolute atomic E-state index is 0.134. The van der Waals surface area contributed by atoms with E-state index in [1.165, 1.54) is 33.1 Å². The van der Waals surface area contributed by atoms with Crippen LogP contribution in [0.5, 0.6) is 5.75 Å². The Morgan fingerprint density at radius 2 is 2.11 bits per heavy atom. The van der Waals surface area contributed by atoms with Gasteiger partial charge in [0.1, 0.15) is 12.4 Å². The summed E-state index contributed by atoms with van der Waals surface area (Å²) in [5.74, 6) is 0.350. The Bertz CT molecular complexity index is 1160. The predicted octanol–water partition coefficient (Wildman–Crippen LogP) is 3.96. The standard InChI is InChI=1S/C19H15N3O3S2/c1-12-4-5-14(21-18(24)16-3-2-7-26-16)15(9-12)25-11-13-10-17(23)22-6-8-27-19(22)20-13/h2-10H,11H2,1H3,(H,21,24). The molecule has 1 amide bonds. The lowest BCUT2D eigenvalue weighted by Gasteiger charge is -2.13. The number of benzene rings is 1. The number of hydrogen-bond donors (Lipinski definition) is 1. The Labute approximate surface area is 162 Å². The van der Waals surface area contributed by atoms with Gasteiger partial charge < -0.3 is 10.1 Å². The summed E-state index contributed by atoms with van der Waals surface area (Å²) >= 11 is 2.76. The third kappa shape index (κ3) is 3.76. The lowest BCUT2D eigenvalue weighted by Crippen LogP contribution is -2.15. The number of aryl methyl sites for hydroxylation is 1. The molecule has 0 aliphatic heterocycles. The average molecular weight is 397 g/mol. The molecule has 0 atom stereocenters. The summed E-state index contributed by atoms with van der Waals surface area (Å²) < 4.78 is 7.38. The van der Waals surface area contributed by atoms with E-state index in [0.29, 0.717) is 27.0 Å². The highest BCUT2D eigenvalue weighted by atomic mass is 32.1. The van der Waals surface area contributed by atoms with Crippen LogP contribution in [0.15, 0.2) is 58.1 Å². The largest absolute Gasteiger partial charge is 0.485 e. The van der Waals surface area contributed by atoms with E-state index < -0.39 is 0 Å². The third-order valence-electron chi connectivity index (χ3n) is 3.86. The van der Waals surface area contributed by atoms with Crippen molar-refractivity contribution in [2.75, 3.05) is 5.32 Å². The number of carbonyl (C=O) groups is 1. The number of nitrogens with one attached hydrogen (secondary N) is 1. The fourth-order valence-electron chi connectivity index (χ4n) is 2.56. The van der Waals surface area contributed by atoms with Crippen molar-refractivity contribution in [3.05, 3.63) is 79.8 Å². The Hall–Kier alpha value is -2.97. The fourth-order valence-corrected chi connectivity index (χ4v) is 3.91. The lowest BCUT2D eigenvalue weighted by molar-refractivity contribution is 0.103. The van der Waals surface area contributed by atoms with Gasteiger partial charge in [-0.3, -0.25) is 14.0 Å². The molecular weight excluding hydrogens is 382 g/mol. The van der Waals surface area contributed by atoms with Crippen molar-refractivity contribution in [2.45, 2.75) is 13.5 Å². The Balaban J connectivity index is 1.56. The maximum atomic E-state index is 12.3. The van der Waals surface area contributed by atoms with E-state index in [0.717, 1.165) is 5.56 Å². The van der Waals surface area contributed by atoms with Crippen molar-refractivity contribution in [2.24, 2.45) is 0 Å². The van der Waals surface area contributed by atoms with Gasteiger partial charge >= 0.3 is 0 Å². The normalized spacial score (nSPS) is 10.9. The number of thiophene rings is 1. The number of fused-ring (bicyclic) bond motifs is 1. The third-order valence-corrected chi connectivity index (χ3v) is 5.49. The molecule has 0 aliphatic rings. The summed E-state index contributed by atoms with van der Waals surface area (Å²) in [6, 6.07) is 10.6. The van der Waals surface area contributed by atoms with E-state index >= 15 is 0 Å². The molecular formula is C19H15N3O3S2. The highest BCUT2D eigenvalue weighted by molar-refractivity contribution is 7.15. The van der Waals surface area contributed by atoms with Crippen LogP contribution in [0.4, 0.5) is 5.69 Å². The molecule has 1 N–H and O–H groups in total. The van der Waals surface area contributed by atoms with E-state index in [9.17, 15) is 9.59 Å². The first-order valence-electron chi connectivity index (χ1n) is 8.14. The van der Waals surface area contributed by atoms with Crippen molar-refractivity contribution in [1.82, 2.24) is 9.38 Å². The van der Waals surface area contributed by atoms with Gasteiger partial charge in [-0.2, -0.15) is 0 Å². The van der Waals surface area contributed by atoms with Crippen molar-refractivity contribution in [3.63, 3.8) is 0 Å². The van der Waals surface area contributed by atoms with E-state index in [1.807, 2.05) is 35.9 Å². The highest BCUT2D eigenvalue weighted by Crippen LogP contribution is 2.27. The number of aromatic nitrogens is 2. The zero-order valence-corrected chi connectivity index (χ0v) is 16.0. The van der Waals surface area contributed by atoms with Crippen molar-refractivity contribution >= 4 is 39.2 Å². The average Bonchev–Trinajstić information content (AvgIpc) is 3.33. The van der Waals surface area contributed by atoms with Gasteiger partial charge in [0.25, 0.3) is 11.5 Å². The number of amides is 1. The molecule has 8 heteroatoms. The van der Waals surface area contributed by atoms with E-state index in [2.05, 4.69) is 10.3 Å². The Morgan fingerprint density at radius 3 is 2.93 bits per heavy atom. The fraction of sp³-hybridized carbons (Fsp3) is 0.105. The number of hydrogen-bond acceptors (Lipinski definition) is 6. The predicted molar refractivity (Wildman–Crippen MR) is 107 cm³/mol. The van der Waals surface area contributed by atoms with Gasteiger partial charge in [-0.05, 0) is 36.1 Å². The monoisotopic (exact) mass is 397 g/mol. The molecule has 0 radical (unpaired) electrons. The van der Waals surface area contributed by atoms with Crippen LogP contribution in [-0.2, 0) is 6.61 Å². The van der Waals surface area contributed by atoms with Crippen LogP contribution >= 0.6 is 22.7 Å². The second-order valence-electron chi connectivity index (χ2n) is 5.86. The van der Waals surface area contributed by atoms with Crippen LogP contribution in [0.2, 0.25) is 0 Å². The number of ether oxygens (including phenoxy) is 1. The maximum Gasteiger partial charge on any atom is 0.265 e. The molecule has 0 fully saturated rings. The van der Waals surface area contributed by atoms with Gasteiger partial charge in [0, 0.05) is 17.6 Å². The molecule has 136 valence electrons. The molecule has 1 aromatic carbocycles. The number of anilines is 1. The van der Waals surface area contributed by atoms with Gasteiger partial charge in [-0.15, -0.1) is 22.7 Å². The molecule has 4 rings (SSSR count). The van der Waals surface area contributed by atoms with E-state index in [4.69, 9.17) is 4.74 Å². The summed E-state index contributed by atoms with van der Waals surface area (Å²) in [5, 5.41) is 6.54. The molecule has 0 saturated carbocycles. The number of thiazole rings is 1. The molecule has 0 bridgehead atoms. The summed E-state index contributed by atoms with van der Waals surface area (Å²) in [5.41, 5.74) is 1.98. The number of nitrogens with zero attached hydrogens (tertiary/aromatic N) is 2. The van der Waals surface area contributed by atoms with Gasteiger partial charge in [0.05, 0.1) is 16.3 Å². The van der Waals surface area contributed by atoms with Crippen LogP contribution in [0.1, 0.15) is 20.9 Å². The van der Waals surface area contributed by atoms with Crippen molar-refractivity contribution < 1.29 is 9.53 Å². The number of rotatable bonds is 5. The molecule has 0 aliphatic carbocycles. The Morgan fingerprint density at radius 1 is 1.22 bits per heavy atom. The maximum absolute atomic E-state index is 12.3. The summed E-state index contributed by atoms with van der Waals surface area (Å²) in [4.78, 5) is 30.1. The van der Waals surface area contributed by atoms with E-state index in [1.54, 1.807) is 18.3 Å². The topological polar surface area (TPSA) is 72.7 Å².